The number of aromatic amines is 1. The summed E-state index contributed by atoms with van der Waals surface area (Å²) in [5.41, 5.74) is 3.52. The lowest BCUT2D eigenvalue weighted by Gasteiger charge is -2.19. The minimum Gasteiger partial charge on any atom is -0.381 e. The third-order valence-electron chi connectivity index (χ3n) is 5.29. The number of nitrogens with one attached hydrogen (secondary N) is 1. The molecule has 0 aliphatic carbocycles. The van der Waals surface area contributed by atoms with Crippen LogP contribution in [-0.2, 0) is 4.74 Å². The van der Waals surface area contributed by atoms with Gasteiger partial charge in [-0.05, 0) is 17.7 Å². The highest BCUT2D eigenvalue weighted by Crippen LogP contribution is 2.38. The Balaban J connectivity index is 1.63. The van der Waals surface area contributed by atoms with E-state index in [1.54, 1.807) is 6.33 Å². The maximum Gasteiger partial charge on any atom is 0.143 e. The Hall–Kier alpha value is -2.91. The molecule has 6 heteroatoms. The lowest BCUT2D eigenvalue weighted by molar-refractivity contribution is 0.177. The second-order valence-corrected chi connectivity index (χ2v) is 6.78. The zero-order chi connectivity index (χ0) is 16.8. The molecule has 0 unspecified atom stereocenters. The molecular weight excluding hydrogens is 314 g/mol. The van der Waals surface area contributed by atoms with Gasteiger partial charge in [-0.15, -0.1) is 0 Å². The van der Waals surface area contributed by atoms with Crippen LogP contribution < -0.4 is 4.90 Å². The summed E-state index contributed by atoms with van der Waals surface area (Å²) in [7, 11) is 0. The van der Waals surface area contributed by atoms with Crippen LogP contribution in [0.3, 0.4) is 0 Å². The first-order valence-electron chi connectivity index (χ1n) is 8.49. The second kappa shape index (κ2) is 5.57. The molecule has 1 aromatic carbocycles. The van der Waals surface area contributed by atoms with Crippen LogP contribution in [0.2, 0.25) is 0 Å². The van der Waals surface area contributed by atoms with Crippen LogP contribution in [0.5, 0.6) is 0 Å². The quantitative estimate of drug-likeness (QED) is 0.781. The van der Waals surface area contributed by atoms with Gasteiger partial charge >= 0.3 is 0 Å². The van der Waals surface area contributed by atoms with Gasteiger partial charge in [-0.3, -0.25) is 0 Å². The van der Waals surface area contributed by atoms with Gasteiger partial charge in [0.1, 0.15) is 17.8 Å². The van der Waals surface area contributed by atoms with E-state index >= 15 is 0 Å². The molecule has 0 amide bonds. The molecule has 0 saturated carbocycles. The lowest BCUT2D eigenvalue weighted by atomic mass is 10.0. The number of anilines is 1. The number of aromatic nitrogens is 3. The van der Waals surface area contributed by atoms with Crippen LogP contribution in [0.25, 0.3) is 22.2 Å². The molecule has 0 radical (unpaired) electrons. The topological polar surface area (TPSA) is 77.8 Å². The Morgan fingerprint density at radius 1 is 1.20 bits per heavy atom. The van der Waals surface area contributed by atoms with Gasteiger partial charge in [0.2, 0.25) is 0 Å². The number of H-pyrrole nitrogens is 1. The van der Waals surface area contributed by atoms with E-state index in [4.69, 9.17) is 4.74 Å². The van der Waals surface area contributed by atoms with Gasteiger partial charge < -0.3 is 14.6 Å². The third-order valence-corrected chi connectivity index (χ3v) is 5.29. The Bertz CT molecular complexity index is 977. The highest BCUT2D eigenvalue weighted by atomic mass is 16.5. The molecule has 1 N–H and O–H groups in total. The standard InChI is InChI=1S/C19H17N5O/c20-5-12-2-1-3-13(4-12)16-6-21-18-17(16)19(23-11-22-18)24-7-14-9-25-10-15(14)8-24/h1-4,6,11,14-15H,7-10H2,(H,21,22,23)/t14-,15+. The summed E-state index contributed by atoms with van der Waals surface area (Å²) in [6, 6.07) is 9.86. The third kappa shape index (κ3) is 2.28. The fourth-order valence-corrected chi connectivity index (χ4v) is 4.03. The number of hydrogen-bond acceptors (Lipinski definition) is 5. The first-order valence-corrected chi connectivity index (χ1v) is 8.49. The average Bonchev–Trinajstić information content (AvgIpc) is 3.35. The van der Waals surface area contributed by atoms with E-state index in [-0.39, 0.29) is 0 Å². The fraction of sp³-hybridized carbons (Fsp3) is 0.316. The van der Waals surface area contributed by atoms with Crippen LogP contribution in [0, 0.1) is 23.2 Å². The van der Waals surface area contributed by atoms with Crippen LogP contribution in [0.4, 0.5) is 5.82 Å². The molecule has 6 nitrogen and oxygen atoms in total. The summed E-state index contributed by atoms with van der Waals surface area (Å²) in [5, 5.41) is 10.2. The van der Waals surface area contributed by atoms with E-state index < -0.39 is 0 Å². The van der Waals surface area contributed by atoms with Crippen LogP contribution in [-0.4, -0.2) is 41.3 Å². The summed E-state index contributed by atoms with van der Waals surface area (Å²) < 4.78 is 5.59. The Morgan fingerprint density at radius 3 is 2.84 bits per heavy atom. The van der Waals surface area contributed by atoms with Crippen molar-refractivity contribution >= 4 is 16.9 Å². The van der Waals surface area contributed by atoms with E-state index in [0.717, 1.165) is 54.3 Å². The van der Waals surface area contributed by atoms with Gasteiger partial charge in [0.25, 0.3) is 0 Å². The van der Waals surface area contributed by atoms with Gasteiger partial charge in [0.05, 0.1) is 30.2 Å². The summed E-state index contributed by atoms with van der Waals surface area (Å²) in [4.78, 5) is 14.6. The van der Waals surface area contributed by atoms with E-state index in [9.17, 15) is 5.26 Å². The zero-order valence-corrected chi connectivity index (χ0v) is 13.6. The molecule has 25 heavy (non-hydrogen) atoms. The van der Waals surface area contributed by atoms with Crippen molar-refractivity contribution in [3.8, 4) is 17.2 Å². The predicted molar refractivity (Wildman–Crippen MR) is 94.1 cm³/mol. The molecule has 2 aliphatic rings. The Morgan fingerprint density at radius 2 is 2.04 bits per heavy atom. The number of ether oxygens (including phenoxy) is 1. The summed E-state index contributed by atoms with van der Waals surface area (Å²) in [5.74, 6) is 2.15. The van der Waals surface area contributed by atoms with Crippen molar-refractivity contribution in [1.82, 2.24) is 15.0 Å². The van der Waals surface area contributed by atoms with Crippen molar-refractivity contribution in [3.05, 3.63) is 42.4 Å². The van der Waals surface area contributed by atoms with E-state index in [1.165, 1.54) is 0 Å². The normalized spacial score (nSPS) is 22.3. The van der Waals surface area contributed by atoms with Crippen LogP contribution >= 0.6 is 0 Å². The van der Waals surface area contributed by atoms with Gasteiger partial charge in [0, 0.05) is 36.7 Å². The molecule has 2 aromatic heterocycles. The van der Waals surface area contributed by atoms with Gasteiger partial charge in [-0.25, -0.2) is 9.97 Å². The largest absolute Gasteiger partial charge is 0.381 e. The lowest BCUT2D eigenvalue weighted by Crippen LogP contribution is -2.23. The second-order valence-electron chi connectivity index (χ2n) is 6.78. The molecule has 2 aliphatic heterocycles. The minimum atomic E-state index is 0.592. The molecule has 3 aromatic rings. The molecule has 124 valence electrons. The van der Waals surface area contributed by atoms with Crippen LogP contribution in [0.15, 0.2) is 36.8 Å². The predicted octanol–water partition coefficient (Wildman–Crippen LogP) is 2.58. The van der Waals surface area contributed by atoms with Gasteiger partial charge in [-0.1, -0.05) is 12.1 Å². The highest BCUT2D eigenvalue weighted by Gasteiger charge is 2.38. The molecule has 4 heterocycles. The highest BCUT2D eigenvalue weighted by molar-refractivity contribution is 6.01. The molecule has 2 atom stereocenters. The minimum absolute atomic E-state index is 0.592. The van der Waals surface area contributed by atoms with Crippen LogP contribution in [0.1, 0.15) is 5.56 Å². The molecule has 5 rings (SSSR count). The number of benzene rings is 1. The van der Waals surface area contributed by atoms with Crippen molar-refractivity contribution in [3.63, 3.8) is 0 Å². The molecule has 0 spiro atoms. The number of nitrogens with zero attached hydrogens (tertiary/aromatic N) is 4. The maximum absolute atomic E-state index is 9.19. The average molecular weight is 331 g/mol. The van der Waals surface area contributed by atoms with E-state index in [1.807, 2.05) is 30.5 Å². The molecular formula is C19H17N5O. The summed E-state index contributed by atoms with van der Waals surface area (Å²) >= 11 is 0. The van der Waals surface area contributed by atoms with E-state index in [2.05, 4.69) is 25.9 Å². The summed E-state index contributed by atoms with van der Waals surface area (Å²) in [6.45, 7) is 3.64. The van der Waals surface area contributed by atoms with Gasteiger partial charge in [0.15, 0.2) is 0 Å². The summed E-state index contributed by atoms with van der Waals surface area (Å²) in [6.07, 6.45) is 3.58. The van der Waals surface area contributed by atoms with Crippen molar-refractivity contribution in [2.75, 3.05) is 31.2 Å². The monoisotopic (exact) mass is 331 g/mol. The molecule has 0 bridgehead atoms. The maximum atomic E-state index is 9.19. The number of nitriles is 1. The SMILES string of the molecule is N#Cc1cccc(-c2c[nH]c3ncnc(N4C[C@H]5COC[C@H]5C4)c23)c1. The molecule has 2 fully saturated rings. The van der Waals surface area contributed by atoms with Crippen molar-refractivity contribution in [2.45, 2.75) is 0 Å². The Kier molecular flexibility index (Phi) is 3.22. The number of hydrogen-bond donors (Lipinski definition) is 1. The first kappa shape index (κ1) is 14.4. The first-order chi connectivity index (χ1) is 12.3. The van der Waals surface area contributed by atoms with Crippen molar-refractivity contribution in [2.24, 2.45) is 11.8 Å². The number of fused-ring (bicyclic) bond motifs is 2. The zero-order valence-electron chi connectivity index (χ0n) is 13.6. The van der Waals surface area contributed by atoms with E-state index in [0.29, 0.717) is 17.4 Å². The van der Waals surface area contributed by atoms with Gasteiger partial charge in [-0.2, -0.15) is 5.26 Å². The van der Waals surface area contributed by atoms with Crippen molar-refractivity contribution < 1.29 is 4.74 Å². The fourth-order valence-electron chi connectivity index (χ4n) is 4.03. The Labute approximate surface area is 145 Å². The smallest absolute Gasteiger partial charge is 0.143 e. The molecule has 2 saturated heterocycles. The van der Waals surface area contributed by atoms with Crippen molar-refractivity contribution in [1.29, 1.82) is 5.26 Å². The number of rotatable bonds is 2.